The summed E-state index contributed by atoms with van der Waals surface area (Å²) in [6.07, 6.45) is 1.17. The van der Waals surface area contributed by atoms with Crippen LogP contribution in [0.1, 0.15) is 5.56 Å². The molecule has 0 fully saturated rings. The van der Waals surface area contributed by atoms with Gasteiger partial charge in [-0.05, 0) is 28.1 Å². The van der Waals surface area contributed by atoms with E-state index in [4.69, 9.17) is 11.0 Å². The van der Waals surface area contributed by atoms with Crippen molar-refractivity contribution in [2.24, 2.45) is 4.40 Å². The number of nitriles is 1. The molecular weight excluding hydrogens is 320 g/mol. The highest BCUT2D eigenvalue weighted by atomic mass is 79.9. The lowest BCUT2D eigenvalue weighted by Gasteiger charge is -2.06. The summed E-state index contributed by atoms with van der Waals surface area (Å²) >= 11 is 3.11. The summed E-state index contributed by atoms with van der Waals surface area (Å²) in [6.45, 7) is 0. The minimum Gasteiger partial charge on any atom is -0.397 e. The third-order valence-corrected chi connectivity index (χ3v) is 3.80. The number of rotatable bonds is 3. The maximum absolute atomic E-state index is 11.9. The number of hydrogen-bond donors (Lipinski definition) is 1. The van der Waals surface area contributed by atoms with E-state index in [-0.39, 0.29) is 16.1 Å². The van der Waals surface area contributed by atoms with E-state index in [1.54, 1.807) is 14.1 Å². The number of nitrogens with two attached hydrogens (primary N) is 1. The molecular formula is C10H11BrN4O2S. The fourth-order valence-electron chi connectivity index (χ4n) is 1.05. The fourth-order valence-corrected chi connectivity index (χ4v) is 2.63. The Balaban J connectivity index is 3.36. The van der Waals surface area contributed by atoms with Crippen molar-refractivity contribution >= 4 is 38.0 Å². The first-order valence-corrected chi connectivity index (χ1v) is 6.97. The molecule has 0 heterocycles. The van der Waals surface area contributed by atoms with Gasteiger partial charge in [-0.2, -0.15) is 13.7 Å². The molecule has 1 aromatic rings. The van der Waals surface area contributed by atoms with Crippen LogP contribution in [-0.2, 0) is 10.0 Å². The number of nitrogen functional groups attached to an aromatic ring is 1. The Bertz CT molecular complexity index is 632. The summed E-state index contributed by atoms with van der Waals surface area (Å²) in [5.41, 5.74) is 5.90. The number of halogens is 1. The van der Waals surface area contributed by atoms with Crippen molar-refractivity contribution < 1.29 is 8.42 Å². The van der Waals surface area contributed by atoms with Gasteiger partial charge in [-0.15, -0.1) is 4.40 Å². The number of hydrogen-bond acceptors (Lipinski definition) is 4. The number of benzene rings is 1. The van der Waals surface area contributed by atoms with Crippen LogP contribution in [0, 0.1) is 11.3 Å². The van der Waals surface area contributed by atoms with Gasteiger partial charge >= 0.3 is 0 Å². The Morgan fingerprint density at radius 3 is 2.61 bits per heavy atom. The summed E-state index contributed by atoms with van der Waals surface area (Å²) in [7, 11) is -0.533. The van der Waals surface area contributed by atoms with Gasteiger partial charge in [0.05, 0.1) is 16.1 Å². The lowest BCUT2D eigenvalue weighted by Crippen LogP contribution is -2.10. The minimum atomic E-state index is -3.84. The van der Waals surface area contributed by atoms with Crippen molar-refractivity contribution in [2.75, 3.05) is 19.8 Å². The average Bonchev–Trinajstić information content (AvgIpc) is 2.30. The van der Waals surface area contributed by atoms with E-state index in [2.05, 4.69) is 20.3 Å². The number of nitrogens with zero attached hydrogens (tertiary/aromatic N) is 3. The quantitative estimate of drug-likeness (QED) is 0.509. The van der Waals surface area contributed by atoms with Crippen LogP contribution in [0.15, 0.2) is 25.9 Å². The van der Waals surface area contributed by atoms with Gasteiger partial charge in [-0.3, -0.25) is 0 Å². The second kappa shape index (κ2) is 5.37. The molecule has 0 aliphatic rings. The highest BCUT2D eigenvalue weighted by Crippen LogP contribution is 2.27. The van der Waals surface area contributed by atoms with E-state index >= 15 is 0 Å². The average molecular weight is 331 g/mol. The van der Waals surface area contributed by atoms with Crippen molar-refractivity contribution in [1.82, 2.24) is 4.90 Å². The lowest BCUT2D eigenvalue weighted by atomic mass is 10.2. The van der Waals surface area contributed by atoms with Gasteiger partial charge in [0.25, 0.3) is 10.0 Å². The molecule has 0 atom stereocenters. The summed E-state index contributed by atoms with van der Waals surface area (Å²) < 4.78 is 27.6. The van der Waals surface area contributed by atoms with Gasteiger partial charge in [0, 0.05) is 18.6 Å². The van der Waals surface area contributed by atoms with Crippen LogP contribution in [0.25, 0.3) is 0 Å². The van der Waals surface area contributed by atoms with Crippen LogP contribution in [0.2, 0.25) is 0 Å². The van der Waals surface area contributed by atoms with Crippen molar-refractivity contribution in [3.63, 3.8) is 0 Å². The minimum absolute atomic E-state index is 0.0850. The molecule has 0 aliphatic heterocycles. The third-order valence-electron chi connectivity index (χ3n) is 1.94. The Kier molecular flexibility index (Phi) is 4.32. The van der Waals surface area contributed by atoms with Crippen molar-refractivity contribution in [3.8, 4) is 6.07 Å². The molecule has 0 spiro atoms. The maximum atomic E-state index is 11.9. The number of sulfonamides is 1. The summed E-state index contributed by atoms with van der Waals surface area (Å²) in [4.78, 5) is 1.41. The van der Waals surface area contributed by atoms with E-state index < -0.39 is 10.0 Å². The molecule has 96 valence electrons. The van der Waals surface area contributed by atoms with Crippen LogP contribution in [0.3, 0.4) is 0 Å². The molecule has 0 unspecified atom stereocenters. The van der Waals surface area contributed by atoms with Crippen molar-refractivity contribution in [1.29, 1.82) is 5.26 Å². The molecule has 0 radical (unpaired) electrons. The predicted molar refractivity (Wildman–Crippen MR) is 72.6 cm³/mol. The van der Waals surface area contributed by atoms with Crippen LogP contribution in [0.4, 0.5) is 5.69 Å². The SMILES string of the molecule is CN(C)C=NS(=O)(=O)c1cc(Br)c(N)c(C#N)c1. The largest absolute Gasteiger partial charge is 0.397 e. The first-order valence-electron chi connectivity index (χ1n) is 4.74. The molecule has 18 heavy (non-hydrogen) atoms. The van der Waals surface area contributed by atoms with E-state index in [9.17, 15) is 8.42 Å². The fraction of sp³-hybridized carbons (Fsp3) is 0.200. The highest BCUT2D eigenvalue weighted by molar-refractivity contribution is 9.10. The molecule has 2 N–H and O–H groups in total. The Labute approximate surface area is 114 Å². The Hall–Kier alpha value is -1.59. The zero-order chi connectivity index (χ0) is 13.9. The topological polar surface area (TPSA) is 99.6 Å². The summed E-state index contributed by atoms with van der Waals surface area (Å²) in [5.74, 6) is 0. The standard InChI is InChI=1S/C10H11BrN4O2S/c1-15(2)6-14-18(16,17)8-3-7(5-12)10(13)9(11)4-8/h3-4,6H,13H2,1-2H3. The molecule has 8 heteroatoms. The lowest BCUT2D eigenvalue weighted by molar-refractivity contribution is 0.594. The van der Waals surface area contributed by atoms with Crippen LogP contribution >= 0.6 is 15.9 Å². The smallest absolute Gasteiger partial charge is 0.283 e. The molecule has 0 bridgehead atoms. The summed E-state index contributed by atoms with van der Waals surface area (Å²) in [5, 5.41) is 8.86. The van der Waals surface area contributed by atoms with Gasteiger partial charge in [-0.25, -0.2) is 0 Å². The van der Waals surface area contributed by atoms with E-state index in [0.717, 1.165) is 0 Å². The second-order valence-electron chi connectivity index (χ2n) is 3.64. The van der Waals surface area contributed by atoms with Crippen molar-refractivity contribution in [3.05, 3.63) is 22.2 Å². The predicted octanol–water partition coefficient (Wildman–Crippen LogP) is 1.18. The normalized spacial score (nSPS) is 11.4. The molecule has 1 rings (SSSR count). The molecule has 6 nitrogen and oxygen atoms in total. The van der Waals surface area contributed by atoms with Crippen LogP contribution in [0.5, 0.6) is 0 Å². The third kappa shape index (κ3) is 3.21. The highest BCUT2D eigenvalue weighted by Gasteiger charge is 2.16. The molecule has 0 saturated carbocycles. The van der Waals surface area contributed by atoms with E-state index in [0.29, 0.717) is 4.47 Å². The molecule has 0 aromatic heterocycles. The molecule has 1 aromatic carbocycles. The molecule has 0 aliphatic carbocycles. The Morgan fingerprint density at radius 2 is 2.11 bits per heavy atom. The van der Waals surface area contributed by atoms with Gasteiger partial charge in [0.2, 0.25) is 0 Å². The van der Waals surface area contributed by atoms with Crippen molar-refractivity contribution in [2.45, 2.75) is 4.90 Å². The summed E-state index contributed by atoms with van der Waals surface area (Å²) in [6, 6.07) is 4.35. The second-order valence-corrected chi connectivity index (χ2v) is 6.12. The van der Waals surface area contributed by atoms with Gasteiger partial charge in [-0.1, -0.05) is 0 Å². The number of anilines is 1. The monoisotopic (exact) mass is 330 g/mol. The van der Waals surface area contributed by atoms with Crippen LogP contribution in [-0.4, -0.2) is 33.8 Å². The molecule has 0 saturated heterocycles. The zero-order valence-electron chi connectivity index (χ0n) is 9.75. The van der Waals surface area contributed by atoms with Crippen LogP contribution < -0.4 is 5.73 Å². The zero-order valence-corrected chi connectivity index (χ0v) is 12.2. The molecule has 0 amide bonds. The van der Waals surface area contributed by atoms with E-state index in [1.165, 1.54) is 23.4 Å². The maximum Gasteiger partial charge on any atom is 0.283 e. The Morgan fingerprint density at radius 1 is 1.50 bits per heavy atom. The van der Waals surface area contributed by atoms with Gasteiger partial charge in [0.15, 0.2) is 0 Å². The first-order chi connectivity index (χ1) is 8.27. The first kappa shape index (κ1) is 14.5. The van der Waals surface area contributed by atoms with E-state index in [1.807, 2.05) is 6.07 Å². The van der Waals surface area contributed by atoms with Gasteiger partial charge < -0.3 is 10.6 Å². The van der Waals surface area contributed by atoms with Gasteiger partial charge in [0.1, 0.15) is 12.4 Å².